The second-order valence-corrected chi connectivity index (χ2v) is 3.64. The Kier molecular flexibility index (Phi) is 3.47. The number of carbonyl (C=O) groups excluding carboxylic acids is 1. The Labute approximate surface area is 87.3 Å². The summed E-state index contributed by atoms with van der Waals surface area (Å²) in [4.78, 5) is 12.7. The van der Waals surface area contributed by atoms with Gasteiger partial charge in [-0.1, -0.05) is 17.7 Å². The molecule has 14 heavy (non-hydrogen) atoms. The Hall–Kier alpha value is -1.09. The largest absolute Gasteiger partial charge is 0.349 e. The summed E-state index contributed by atoms with van der Waals surface area (Å²) in [7, 11) is 3.27. The Morgan fingerprint density at radius 1 is 1.50 bits per heavy atom. The fraction of sp³-hybridized carbons (Fsp3) is 0.300. The predicted octanol–water partition coefficient (Wildman–Crippen LogP) is 2.11. The van der Waals surface area contributed by atoms with Crippen LogP contribution in [0.2, 0.25) is 5.02 Å². The molecule has 0 spiro atoms. The van der Waals surface area contributed by atoms with Crippen molar-refractivity contribution in [1.29, 1.82) is 0 Å². The summed E-state index contributed by atoms with van der Waals surface area (Å²) < 4.78 is 13.2. The highest BCUT2D eigenvalue weighted by Gasteiger charge is 2.09. The van der Waals surface area contributed by atoms with Gasteiger partial charge in [0.25, 0.3) is 0 Å². The molecule has 0 bridgehead atoms. The Bertz CT molecular complexity index is 352. The zero-order chi connectivity index (χ0) is 10.7. The van der Waals surface area contributed by atoms with Crippen LogP contribution in [0.4, 0.5) is 4.39 Å². The van der Waals surface area contributed by atoms with Gasteiger partial charge in [0, 0.05) is 19.1 Å². The Balaban J connectivity index is 2.82. The fourth-order valence-corrected chi connectivity index (χ4v) is 1.14. The molecule has 0 unspecified atom stereocenters. The van der Waals surface area contributed by atoms with Gasteiger partial charge in [0.15, 0.2) is 0 Å². The van der Waals surface area contributed by atoms with Gasteiger partial charge in [-0.15, -0.1) is 0 Å². The summed E-state index contributed by atoms with van der Waals surface area (Å²) in [6.45, 7) is 0. The number of benzene rings is 1. The lowest BCUT2D eigenvalue weighted by atomic mass is 10.1. The van der Waals surface area contributed by atoms with Crippen LogP contribution in [0.3, 0.4) is 0 Å². The summed E-state index contributed by atoms with van der Waals surface area (Å²) in [5.74, 6) is -0.570. The summed E-state index contributed by atoms with van der Waals surface area (Å²) in [6.07, 6.45) is 0.0655. The van der Waals surface area contributed by atoms with Crippen molar-refractivity contribution in [1.82, 2.24) is 4.90 Å². The fourth-order valence-electron chi connectivity index (χ4n) is 0.986. The number of hydrogen-bond donors (Lipinski definition) is 0. The van der Waals surface area contributed by atoms with Crippen LogP contribution < -0.4 is 0 Å². The number of carbonyl (C=O) groups is 1. The first kappa shape index (κ1) is 11.0. The number of rotatable bonds is 2. The smallest absolute Gasteiger partial charge is 0.226 e. The van der Waals surface area contributed by atoms with Crippen molar-refractivity contribution < 1.29 is 9.18 Å². The number of halogens is 2. The molecule has 0 fully saturated rings. The molecule has 1 rings (SSSR count). The molecule has 1 amide bonds. The summed E-state index contributed by atoms with van der Waals surface area (Å²) in [5, 5.41) is 0.337. The van der Waals surface area contributed by atoms with Crippen LogP contribution in [-0.4, -0.2) is 24.9 Å². The van der Waals surface area contributed by atoms with E-state index in [1.54, 1.807) is 20.2 Å². The second-order valence-electron chi connectivity index (χ2n) is 3.20. The summed E-state index contributed by atoms with van der Waals surface area (Å²) >= 11 is 5.58. The highest BCUT2D eigenvalue weighted by Crippen LogP contribution is 2.15. The Morgan fingerprint density at radius 2 is 2.14 bits per heavy atom. The lowest BCUT2D eigenvalue weighted by Gasteiger charge is -2.10. The molecule has 0 saturated heterocycles. The minimum Gasteiger partial charge on any atom is -0.349 e. The van der Waals surface area contributed by atoms with Crippen LogP contribution in [0.25, 0.3) is 0 Å². The highest BCUT2D eigenvalue weighted by atomic mass is 35.5. The first-order valence-electron chi connectivity index (χ1n) is 4.15. The van der Waals surface area contributed by atoms with E-state index in [1.165, 1.54) is 17.0 Å². The van der Waals surface area contributed by atoms with Crippen molar-refractivity contribution in [3.63, 3.8) is 0 Å². The maximum Gasteiger partial charge on any atom is 0.226 e. The van der Waals surface area contributed by atoms with E-state index in [0.29, 0.717) is 10.6 Å². The molecule has 4 heteroatoms. The van der Waals surface area contributed by atoms with Crippen molar-refractivity contribution in [3.05, 3.63) is 34.6 Å². The molecule has 0 heterocycles. The lowest BCUT2D eigenvalue weighted by Crippen LogP contribution is -2.23. The third-order valence-electron chi connectivity index (χ3n) is 1.86. The van der Waals surface area contributed by atoms with E-state index < -0.39 is 5.82 Å². The van der Waals surface area contributed by atoms with E-state index in [-0.39, 0.29) is 12.3 Å². The molecule has 0 aliphatic carbocycles. The third-order valence-corrected chi connectivity index (χ3v) is 2.09. The van der Waals surface area contributed by atoms with E-state index in [0.717, 1.165) is 0 Å². The SMILES string of the molecule is CN(C)C(=O)Cc1ccc(Cl)cc1F. The standard InChI is InChI=1S/C10H11ClFNO/c1-13(2)10(14)5-7-3-4-8(11)6-9(7)12/h3-4,6H,5H2,1-2H3. The van der Waals surface area contributed by atoms with Gasteiger partial charge >= 0.3 is 0 Å². The molecule has 0 saturated carbocycles. The quantitative estimate of drug-likeness (QED) is 0.740. The normalized spacial score (nSPS) is 10.0. The molecule has 0 aliphatic rings. The zero-order valence-electron chi connectivity index (χ0n) is 8.05. The minimum atomic E-state index is -0.437. The van der Waals surface area contributed by atoms with Crippen LogP contribution in [0.1, 0.15) is 5.56 Å². The maximum absolute atomic E-state index is 13.2. The average Bonchev–Trinajstić information content (AvgIpc) is 2.09. The molecule has 76 valence electrons. The minimum absolute atomic E-state index is 0.0655. The van der Waals surface area contributed by atoms with Crippen LogP contribution >= 0.6 is 11.6 Å². The van der Waals surface area contributed by atoms with Gasteiger partial charge in [-0.2, -0.15) is 0 Å². The molecule has 0 aromatic heterocycles. The van der Waals surface area contributed by atoms with Crippen molar-refractivity contribution in [3.8, 4) is 0 Å². The van der Waals surface area contributed by atoms with Crippen LogP contribution in [-0.2, 0) is 11.2 Å². The first-order chi connectivity index (χ1) is 6.50. The number of amides is 1. The van der Waals surface area contributed by atoms with Crippen molar-refractivity contribution in [2.24, 2.45) is 0 Å². The van der Waals surface area contributed by atoms with Gasteiger partial charge in [0.1, 0.15) is 5.82 Å². The van der Waals surface area contributed by atoms with Crippen molar-refractivity contribution >= 4 is 17.5 Å². The monoisotopic (exact) mass is 215 g/mol. The lowest BCUT2D eigenvalue weighted by molar-refractivity contribution is -0.128. The summed E-state index contributed by atoms with van der Waals surface area (Å²) in [6, 6.07) is 4.31. The van der Waals surface area contributed by atoms with Crippen LogP contribution in [0.15, 0.2) is 18.2 Å². The van der Waals surface area contributed by atoms with Gasteiger partial charge in [-0.25, -0.2) is 4.39 Å². The molecule has 0 aliphatic heterocycles. The molecular formula is C10H11ClFNO. The number of likely N-dealkylation sites (N-methyl/N-ethyl adjacent to an activating group) is 1. The van der Waals surface area contributed by atoms with E-state index in [9.17, 15) is 9.18 Å². The van der Waals surface area contributed by atoms with Crippen LogP contribution in [0, 0.1) is 5.82 Å². The van der Waals surface area contributed by atoms with Gasteiger partial charge in [-0.05, 0) is 17.7 Å². The van der Waals surface area contributed by atoms with E-state index >= 15 is 0 Å². The molecule has 1 aromatic rings. The van der Waals surface area contributed by atoms with E-state index in [1.807, 2.05) is 0 Å². The van der Waals surface area contributed by atoms with E-state index in [2.05, 4.69) is 0 Å². The predicted molar refractivity (Wildman–Crippen MR) is 53.8 cm³/mol. The molecule has 0 N–H and O–H groups in total. The molecular weight excluding hydrogens is 205 g/mol. The maximum atomic E-state index is 13.2. The van der Waals surface area contributed by atoms with Crippen molar-refractivity contribution in [2.75, 3.05) is 14.1 Å². The van der Waals surface area contributed by atoms with Gasteiger partial charge in [-0.3, -0.25) is 4.79 Å². The first-order valence-corrected chi connectivity index (χ1v) is 4.52. The third kappa shape index (κ3) is 2.70. The van der Waals surface area contributed by atoms with Crippen LogP contribution in [0.5, 0.6) is 0 Å². The zero-order valence-corrected chi connectivity index (χ0v) is 8.81. The average molecular weight is 216 g/mol. The Morgan fingerprint density at radius 3 is 2.64 bits per heavy atom. The molecule has 0 radical (unpaired) electrons. The number of hydrogen-bond acceptors (Lipinski definition) is 1. The van der Waals surface area contributed by atoms with Gasteiger partial charge in [0.05, 0.1) is 6.42 Å². The van der Waals surface area contributed by atoms with Crippen molar-refractivity contribution in [2.45, 2.75) is 6.42 Å². The van der Waals surface area contributed by atoms with E-state index in [4.69, 9.17) is 11.6 Å². The molecule has 0 atom stereocenters. The molecule has 1 aromatic carbocycles. The molecule has 2 nitrogen and oxygen atoms in total. The second kappa shape index (κ2) is 4.42. The number of nitrogens with zero attached hydrogens (tertiary/aromatic N) is 1. The van der Waals surface area contributed by atoms with Gasteiger partial charge in [0.2, 0.25) is 5.91 Å². The van der Waals surface area contributed by atoms with Gasteiger partial charge < -0.3 is 4.90 Å². The summed E-state index contributed by atoms with van der Waals surface area (Å²) in [5.41, 5.74) is 0.369. The topological polar surface area (TPSA) is 20.3 Å². The highest BCUT2D eigenvalue weighted by molar-refractivity contribution is 6.30.